The Kier molecular flexibility index (Phi) is 3.68. The maximum atomic E-state index is 11.0. The molecule has 1 atom stereocenters. The molecule has 4 nitrogen and oxygen atoms in total. The second-order valence-electron chi connectivity index (χ2n) is 3.68. The fourth-order valence-electron chi connectivity index (χ4n) is 1.37. The molecular formula is C11H17N3O. The lowest BCUT2D eigenvalue weighted by atomic mass is 10.1. The summed E-state index contributed by atoms with van der Waals surface area (Å²) in [6.45, 7) is 4.42. The first-order chi connectivity index (χ1) is 7.04. The third kappa shape index (κ3) is 2.95. The molecule has 0 radical (unpaired) electrons. The van der Waals surface area contributed by atoms with Crippen molar-refractivity contribution in [2.75, 3.05) is 11.9 Å². The molecule has 0 aliphatic carbocycles. The van der Waals surface area contributed by atoms with Crippen LogP contribution in [-0.4, -0.2) is 18.5 Å². The number of benzene rings is 1. The number of carbonyl (C=O) groups excluding carboxylic acids is 1. The zero-order chi connectivity index (χ0) is 11.4. The van der Waals surface area contributed by atoms with Crippen molar-refractivity contribution >= 4 is 11.6 Å². The van der Waals surface area contributed by atoms with Crippen molar-refractivity contribution in [2.24, 2.45) is 11.5 Å². The van der Waals surface area contributed by atoms with Crippen molar-refractivity contribution in [1.29, 1.82) is 0 Å². The predicted molar refractivity (Wildman–Crippen MR) is 61.8 cm³/mol. The van der Waals surface area contributed by atoms with E-state index in [2.05, 4.69) is 5.32 Å². The van der Waals surface area contributed by atoms with Gasteiger partial charge in [0.1, 0.15) is 0 Å². The summed E-state index contributed by atoms with van der Waals surface area (Å²) in [4.78, 5) is 11.0. The quantitative estimate of drug-likeness (QED) is 0.684. The lowest BCUT2D eigenvalue weighted by Crippen LogP contribution is -2.25. The first-order valence-electron chi connectivity index (χ1n) is 4.91. The van der Waals surface area contributed by atoms with Gasteiger partial charge in [-0.05, 0) is 37.6 Å². The van der Waals surface area contributed by atoms with Crippen molar-refractivity contribution in [3.63, 3.8) is 0 Å². The lowest BCUT2D eigenvalue weighted by Gasteiger charge is -2.14. The Morgan fingerprint density at radius 3 is 2.67 bits per heavy atom. The van der Waals surface area contributed by atoms with Gasteiger partial charge in [-0.2, -0.15) is 0 Å². The molecule has 82 valence electrons. The third-order valence-corrected chi connectivity index (χ3v) is 2.26. The van der Waals surface area contributed by atoms with Crippen LogP contribution in [0.25, 0.3) is 0 Å². The van der Waals surface area contributed by atoms with Crippen LogP contribution in [0.4, 0.5) is 5.69 Å². The Balaban J connectivity index is 2.87. The molecule has 0 fully saturated rings. The number of anilines is 1. The Hall–Kier alpha value is -1.55. The van der Waals surface area contributed by atoms with Crippen LogP contribution < -0.4 is 16.8 Å². The largest absolute Gasteiger partial charge is 0.381 e. The van der Waals surface area contributed by atoms with Crippen molar-refractivity contribution in [3.8, 4) is 0 Å². The number of hydrogen-bond donors (Lipinski definition) is 3. The van der Waals surface area contributed by atoms with Crippen LogP contribution in [0, 0.1) is 6.92 Å². The van der Waals surface area contributed by atoms with E-state index in [1.165, 1.54) is 0 Å². The molecule has 1 amide bonds. The normalized spacial score (nSPS) is 12.2. The molecule has 0 aliphatic heterocycles. The Morgan fingerprint density at radius 2 is 2.20 bits per heavy atom. The van der Waals surface area contributed by atoms with E-state index in [1.807, 2.05) is 26.0 Å². The minimum absolute atomic E-state index is 0.212. The summed E-state index contributed by atoms with van der Waals surface area (Å²) in [6.07, 6.45) is 0. The predicted octanol–water partition coefficient (Wildman–Crippen LogP) is 0.853. The number of nitrogens with one attached hydrogen (secondary N) is 1. The molecule has 0 aliphatic rings. The van der Waals surface area contributed by atoms with Crippen LogP contribution in [0.2, 0.25) is 0 Å². The summed E-state index contributed by atoms with van der Waals surface area (Å²) < 4.78 is 0. The summed E-state index contributed by atoms with van der Waals surface area (Å²) in [7, 11) is 0. The molecule has 15 heavy (non-hydrogen) atoms. The van der Waals surface area contributed by atoms with Crippen LogP contribution in [-0.2, 0) is 0 Å². The van der Waals surface area contributed by atoms with Crippen LogP contribution in [0.15, 0.2) is 18.2 Å². The topological polar surface area (TPSA) is 81.1 Å². The molecule has 0 heterocycles. The molecule has 5 N–H and O–H groups in total. The van der Waals surface area contributed by atoms with Gasteiger partial charge in [0.25, 0.3) is 0 Å². The monoisotopic (exact) mass is 207 g/mol. The summed E-state index contributed by atoms with van der Waals surface area (Å²) in [5.74, 6) is -0.397. The molecule has 1 aromatic carbocycles. The van der Waals surface area contributed by atoms with Gasteiger partial charge in [0, 0.05) is 23.8 Å². The Labute approximate surface area is 89.6 Å². The minimum Gasteiger partial charge on any atom is -0.381 e. The van der Waals surface area contributed by atoms with E-state index < -0.39 is 5.91 Å². The highest BCUT2D eigenvalue weighted by Crippen LogP contribution is 2.15. The fraction of sp³-hybridized carbons (Fsp3) is 0.364. The van der Waals surface area contributed by atoms with Crippen LogP contribution >= 0.6 is 0 Å². The highest BCUT2D eigenvalue weighted by molar-refractivity contribution is 5.94. The molecule has 4 heteroatoms. The van der Waals surface area contributed by atoms with E-state index in [0.29, 0.717) is 12.1 Å². The minimum atomic E-state index is -0.397. The van der Waals surface area contributed by atoms with Crippen LogP contribution in [0.3, 0.4) is 0 Å². The summed E-state index contributed by atoms with van der Waals surface area (Å²) in [5.41, 5.74) is 13.1. The number of nitrogens with two attached hydrogens (primary N) is 2. The first-order valence-corrected chi connectivity index (χ1v) is 4.91. The standard InChI is InChI=1S/C11H17N3O/c1-7-5-9(14-8(2)6-12)3-4-10(7)11(13)15/h3-5,8,14H,6,12H2,1-2H3,(H2,13,15). The average molecular weight is 207 g/mol. The van der Waals surface area contributed by atoms with Crippen molar-refractivity contribution in [1.82, 2.24) is 0 Å². The molecule has 1 unspecified atom stereocenters. The number of rotatable bonds is 4. The van der Waals surface area contributed by atoms with Gasteiger partial charge in [-0.15, -0.1) is 0 Å². The van der Waals surface area contributed by atoms with Gasteiger partial charge in [-0.1, -0.05) is 0 Å². The molecule has 0 bridgehead atoms. The number of primary amides is 1. The van der Waals surface area contributed by atoms with Crippen LogP contribution in [0.1, 0.15) is 22.8 Å². The zero-order valence-corrected chi connectivity index (χ0v) is 9.08. The maximum absolute atomic E-state index is 11.0. The van der Waals surface area contributed by atoms with Crippen molar-refractivity contribution in [3.05, 3.63) is 29.3 Å². The molecule has 0 spiro atoms. The lowest BCUT2D eigenvalue weighted by molar-refractivity contribution is 0.1000. The summed E-state index contributed by atoms with van der Waals surface area (Å²) in [6, 6.07) is 5.66. The van der Waals surface area contributed by atoms with E-state index in [9.17, 15) is 4.79 Å². The highest BCUT2D eigenvalue weighted by atomic mass is 16.1. The fourth-order valence-corrected chi connectivity index (χ4v) is 1.37. The molecular weight excluding hydrogens is 190 g/mol. The number of hydrogen-bond acceptors (Lipinski definition) is 3. The zero-order valence-electron chi connectivity index (χ0n) is 9.08. The highest BCUT2D eigenvalue weighted by Gasteiger charge is 2.06. The van der Waals surface area contributed by atoms with E-state index in [-0.39, 0.29) is 6.04 Å². The average Bonchev–Trinajstić information content (AvgIpc) is 2.17. The van der Waals surface area contributed by atoms with Crippen molar-refractivity contribution < 1.29 is 4.79 Å². The third-order valence-electron chi connectivity index (χ3n) is 2.26. The SMILES string of the molecule is Cc1cc(NC(C)CN)ccc1C(N)=O. The second kappa shape index (κ2) is 4.79. The Morgan fingerprint density at radius 1 is 1.53 bits per heavy atom. The second-order valence-corrected chi connectivity index (χ2v) is 3.68. The summed E-state index contributed by atoms with van der Waals surface area (Å²) >= 11 is 0. The van der Waals surface area contributed by atoms with E-state index in [1.54, 1.807) is 6.07 Å². The Bertz CT molecular complexity index is 363. The number of carbonyl (C=O) groups is 1. The summed E-state index contributed by atoms with van der Waals surface area (Å²) in [5, 5.41) is 3.22. The van der Waals surface area contributed by atoms with Gasteiger partial charge in [0.2, 0.25) is 5.91 Å². The molecule has 1 rings (SSSR count). The molecule has 0 saturated carbocycles. The smallest absolute Gasteiger partial charge is 0.248 e. The number of amides is 1. The van der Waals surface area contributed by atoms with E-state index in [4.69, 9.17) is 11.5 Å². The van der Waals surface area contributed by atoms with Crippen LogP contribution in [0.5, 0.6) is 0 Å². The van der Waals surface area contributed by atoms with E-state index >= 15 is 0 Å². The molecule has 0 aromatic heterocycles. The van der Waals surface area contributed by atoms with Gasteiger partial charge >= 0.3 is 0 Å². The maximum Gasteiger partial charge on any atom is 0.248 e. The molecule has 0 saturated heterocycles. The van der Waals surface area contributed by atoms with Crippen molar-refractivity contribution in [2.45, 2.75) is 19.9 Å². The van der Waals surface area contributed by atoms with Gasteiger partial charge in [0.05, 0.1) is 0 Å². The first kappa shape index (κ1) is 11.5. The van der Waals surface area contributed by atoms with E-state index in [0.717, 1.165) is 11.3 Å². The van der Waals surface area contributed by atoms with Gasteiger partial charge in [-0.25, -0.2) is 0 Å². The van der Waals surface area contributed by atoms with Gasteiger partial charge in [0.15, 0.2) is 0 Å². The number of aryl methyl sites for hydroxylation is 1. The molecule has 1 aromatic rings. The van der Waals surface area contributed by atoms with Gasteiger partial charge < -0.3 is 16.8 Å². The van der Waals surface area contributed by atoms with Gasteiger partial charge in [-0.3, -0.25) is 4.79 Å².